The highest BCUT2D eigenvalue weighted by Crippen LogP contribution is 2.44. The molecule has 0 unspecified atom stereocenters. The Bertz CT molecular complexity index is 5850. The Morgan fingerprint density at radius 3 is 0.623 bits per heavy atom. The second-order valence-corrected chi connectivity index (χ2v) is 39.3. The van der Waals surface area contributed by atoms with Crippen molar-refractivity contribution in [3.8, 4) is 0 Å². The van der Waals surface area contributed by atoms with E-state index in [1.54, 1.807) is 0 Å². The van der Waals surface area contributed by atoms with Gasteiger partial charge in [-0.1, -0.05) is 217 Å². The predicted molar refractivity (Wildman–Crippen MR) is 451 cm³/mol. The number of halogens is 10. The molecule has 18 nitrogen and oxygen atoms in total. The van der Waals surface area contributed by atoms with Crippen molar-refractivity contribution < 1.29 is 42.1 Å². The zero-order valence-corrected chi connectivity index (χ0v) is 69.4. The van der Waals surface area contributed by atoms with Gasteiger partial charge in [-0.3, -0.25) is 35.1 Å². The van der Waals surface area contributed by atoms with Crippen LogP contribution in [0, 0.1) is 0 Å². The van der Waals surface area contributed by atoms with Gasteiger partial charge in [-0.05, 0) is 48.7 Å². The summed E-state index contributed by atoms with van der Waals surface area (Å²) in [5, 5.41) is 9.53. The van der Waals surface area contributed by atoms with E-state index in [2.05, 4.69) is 137 Å². The van der Waals surface area contributed by atoms with Gasteiger partial charge in [-0.25, -0.2) is 59.9 Å². The van der Waals surface area contributed by atoms with Crippen LogP contribution in [-0.4, -0.2) is 165 Å². The van der Waals surface area contributed by atoms with Gasteiger partial charge in [0.2, 0.25) is 0 Å². The molecule has 0 saturated carbocycles. The summed E-state index contributed by atoms with van der Waals surface area (Å²) in [4.78, 5) is 65.9. The summed E-state index contributed by atoms with van der Waals surface area (Å²) >= 11 is 9.28. The van der Waals surface area contributed by atoms with Crippen LogP contribution in [0.2, 0.25) is 36.2 Å². The summed E-state index contributed by atoms with van der Waals surface area (Å²) < 4.78 is 101. The summed E-state index contributed by atoms with van der Waals surface area (Å²) in [6.07, 6.45) is 0. The van der Waals surface area contributed by atoms with Crippen LogP contribution in [0.3, 0.4) is 0 Å². The van der Waals surface area contributed by atoms with Crippen molar-refractivity contribution in [2.75, 3.05) is 57.4 Å². The molecular weight excluding hydrogens is 1570 g/mol. The van der Waals surface area contributed by atoms with Crippen molar-refractivity contribution in [2.24, 2.45) is 59.9 Å². The fourth-order valence-corrected chi connectivity index (χ4v) is 29.9. The average molecular weight is 1640 g/mol. The number of hydrogen-bond acceptors (Lipinski definition) is 14. The van der Waals surface area contributed by atoms with Crippen molar-refractivity contribution in [1.82, 2.24) is 14.2 Å². The molecule has 0 saturated heterocycles. The van der Waals surface area contributed by atoms with Crippen LogP contribution in [0.5, 0.6) is 0 Å². The monoisotopic (exact) mass is 1640 g/mol. The molecule has 32 heteroatoms. The maximum absolute atomic E-state index is 9.50. The number of amidine groups is 8. The minimum atomic E-state index is -3.40. The van der Waals surface area contributed by atoms with Crippen LogP contribution < -0.4 is 32.3 Å². The van der Waals surface area contributed by atoms with Crippen LogP contribution in [0.4, 0.5) is 58.4 Å². The fourth-order valence-electron chi connectivity index (χ4n) is 15.1. The highest BCUT2D eigenvalue weighted by Gasteiger charge is 2.50. The van der Waals surface area contributed by atoms with E-state index in [0.717, 1.165) is 98.0 Å². The van der Waals surface area contributed by atoms with E-state index in [0.29, 0.717) is 159 Å². The second kappa shape index (κ2) is 34.1. The number of fused-ring (bicyclic) bond motifs is 28. The van der Waals surface area contributed by atoms with E-state index in [1.807, 2.05) is 109 Å². The Balaban J connectivity index is 0.000000670. The molecule has 0 radical (unpaired) electrons. The van der Waals surface area contributed by atoms with Gasteiger partial charge < -0.3 is 21.2 Å². The Kier molecular flexibility index (Phi) is 24.3. The molecule has 8 aliphatic rings. The lowest BCUT2D eigenvalue weighted by molar-refractivity contribution is 0.538. The number of nitrogens with zero attached hydrogens (tertiary/aromatic N) is 16. The second-order valence-electron chi connectivity index (χ2n) is 26.1. The third kappa shape index (κ3) is 13.4. The van der Waals surface area contributed by atoms with E-state index >= 15 is 0 Å². The largest absolute Gasteiger partial charge is 0.798 e. The maximum Gasteiger partial charge on any atom is 0.798 e. The Morgan fingerprint density at radius 1 is 0.246 bits per heavy atom. The molecule has 12 heterocycles. The number of benzene rings is 9. The standard InChI is InChI=1S/2C32H16N8.C10H14Cl2O2Si2.8CH3F.2Al/c2*1-2-10-18-17(9-1)25-33-26(18)38-28-21-13-5-6-14-22(21)30(35-28)40-32-24-16-8-7-15-23(24)31(36-32)39-29-20-12-4-3-11-19(20)27(34-29)37-25;1-15(2,13)9-5-8(12)10(6-7(9)11)16(3,4)14;8*1-2;;/h2*1-16H;5-6H,1-4H3;8*1H3;;/q3*-2;;;;;;;;;2*+3. The Hall–Kier alpha value is -10.9. The number of aliphatic imine (C=N–C) groups is 8. The third-order valence-corrected chi connectivity index (χ3v) is 34.2. The first-order valence-electron chi connectivity index (χ1n) is 35.2. The van der Waals surface area contributed by atoms with Crippen molar-refractivity contribution >= 4 is 193 Å². The summed E-state index contributed by atoms with van der Waals surface area (Å²) in [5.74, 6) is 6.86. The zero-order valence-electron chi connectivity index (χ0n) is 63.5. The van der Waals surface area contributed by atoms with Crippen molar-refractivity contribution in [1.29, 1.82) is 0 Å². The van der Waals surface area contributed by atoms with Crippen LogP contribution in [0.1, 0.15) is 44.5 Å². The summed E-state index contributed by atoms with van der Waals surface area (Å²) in [6, 6.07) is 69.7. The molecule has 21 rings (SSSR count). The third-order valence-electron chi connectivity index (χ3n) is 19.7. The molecule has 12 bridgehead atoms. The summed E-state index contributed by atoms with van der Waals surface area (Å²) in [6.45, 7) is 8.74. The lowest BCUT2D eigenvalue weighted by Gasteiger charge is -2.33. The molecule has 0 N–H and O–H groups in total. The molecule has 0 atom stereocenters. The highest BCUT2D eigenvalue weighted by atomic mass is 35.5. The highest BCUT2D eigenvalue weighted by molar-refractivity contribution is 6.92. The minimum absolute atomic E-state index is 0.489. The zero-order chi connectivity index (χ0) is 81.2. The van der Waals surface area contributed by atoms with Crippen LogP contribution in [0.25, 0.3) is 43.1 Å². The van der Waals surface area contributed by atoms with Gasteiger partial charge in [0.25, 0.3) is 0 Å². The molecule has 114 heavy (non-hydrogen) atoms. The molecule has 574 valence electrons. The molecule has 0 spiro atoms. The van der Waals surface area contributed by atoms with E-state index in [-0.39, 0.29) is 0 Å². The van der Waals surface area contributed by atoms with E-state index in [1.165, 1.54) is 0 Å². The van der Waals surface area contributed by atoms with Crippen LogP contribution in [0.15, 0.2) is 266 Å². The van der Waals surface area contributed by atoms with Gasteiger partial charge in [0.1, 0.15) is 45.2 Å². The smallest absolute Gasteiger partial charge is 0.506 e. The average Bonchev–Trinajstić information content (AvgIpc) is 1.55. The van der Waals surface area contributed by atoms with Crippen LogP contribution >= 0.6 is 23.2 Å². The van der Waals surface area contributed by atoms with E-state index < -0.39 is 46.5 Å². The first-order chi connectivity index (χ1) is 55.9. The van der Waals surface area contributed by atoms with E-state index in [4.69, 9.17) is 90.1 Å². The topological polar surface area (TPSA) is 187 Å². The fraction of sp³-hybridized carbons (Fsp3) is 0.146. The van der Waals surface area contributed by atoms with Crippen molar-refractivity contribution in [3.63, 3.8) is 0 Å². The van der Waals surface area contributed by atoms with Crippen LogP contribution in [-0.2, 0) is 6.96 Å². The molecule has 0 amide bonds. The molecule has 0 fully saturated rings. The molecule has 8 aliphatic heterocycles. The number of aromatic nitrogens is 4. The normalized spacial score (nSPS) is 13.9. The van der Waals surface area contributed by atoms with Crippen molar-refractivity contribution in [3.05, 3.63) is 283 Å². The van der Waals surface area contributed by atoms with Gasteiger partial charge in [-0.15, -0.1) is 0 Å². The lowest BCUT2D eigenvalue weighted by atomic mass is 10.1. The SMILES string of the molecule is CF.CF.CF.CF.CF.CF.CF.CF.C[Si](C)([O][Al]1[n]2c3c4ccccc4c2N=C2N=C(N=c4c5ccccc5c([n]41)=NC1=NC(=N3)c3ccccc31)c1ccccc12)c1cc(Cl)c([Si](C)(C)[O][Al]2[n]3c4c5ccccc5c3N=C3N=C(N=c5c6ccccc6c([n]52)=NC2=NC(=N4)c4ccccc42)c2ccccc23)cc1Cl. The van der Waals surface area contributed by atoms with Crippen molar-refractivity contribution in [2.45, 2.75) is 26.2 Å². The Morgan fingerprint density at radius 2 is 0.421 bits per heavy atom. The van der Waals surface area contributed by atoms with E-state index in [9.17, 15) is 35.1 Å². The molecule has 13 aromatic rings. The molecule has 4 aromatic heterocycles. The molecule has 0 aliphatic carbocycles. The number of rotatable bonds is 6. The predicted octanol–water partition coefficient (Wildman–Crippen LogP) is 16.4. The minimum Gasteiger partial charge on any atom is -0.506 e. The number of hydrogen-bond donors (Lipinski definition) is 0. The van der Waals surface area contributed by atoms with Gasteiger partial charge in [0, 0.05) is 97.6 Å². The molecular formula is C82H70Al2Cl2F8N16O2Si2. The maximum atomic E-state index is 9.50. The summed E-state index contributed by atoms with van der Waals surface area (Å²) in [5.41, 5.74) is 9.53. The molecule has 9 aromatic carbocycles. The quantitative estimate of drug-likeness (QED) is 0.119. The number of alkyl halides is 8. The first-order valence-corrected chi connectivity index (χ1v) is 44.8. The summed E-state index contributed by atoms with van der Waals surface area (Å²) in [7, 11) is -2.76. The van der Waals surface area contributed by atoms with Gasteiger partial charge in [0.05, 0.1) is 57.4 Å². The first kappa shape index (κ1) is 81.2. The van der Waals surface area contributed by atoms with Gasteiger partial charge in [-0.2, -0.15) is 0 Å². The van der Waals surface area contributed by atoms with Gasteiger partial charge >= 0.3 is 29.8 Å². The lowest BCUT2D eigenvalue weighted by Crippen LogP contribution is -2.59. The van der Waals surface area contributed by atoms with Gasteiger partial charge in [0.15, 0.2) is 63.3 Å². The Labute approximate surface area is 671 Å².